The average Bonchev–Trinajstić information content (AvgIpc) is 2.85. The molecule has 0 aromatic heterocycles. The summed E-state index contributed by atoms with van der Waals surface area (Å²) >= 11 is 1.60. The Morgan fingerprint density at radius 1 is 1.12 bits per heavy atom. The topological polar surface area (TPSA) is 66.5 Å². The zero-order chi connectivity index (χ0) is 18.3. The highest BCUT2D eigenvalue weighted by atomic mass is 32.2. The summed E-state index contributed by atoms with van der Waals surface area (Å²) in [6, 6.07) is 6.49. The predicted octanol–water partition coefficient (Wildman–Crippen LogP) is 3.58. The van der Waals surface area contributed by atoms with Crippen LogP contribution in [-0.2, 0) is 14.8 Å². The minimum atomic E-state index is -3.44. The highest BCUT2D eigenvalue weighted by Crippen LogP contribution is 2.22. The summed E-state index contributed by atoms with van der Waals surface area (Å²) in [5, 5.41) is 2.82. The van der Waals surface area contributed by atoms with Crippen LogP contribution in [0.3, 0.4) is 0 Å². The molecule has 140 valence electrons. The molecule has 0 atom stereocenters. The molecule has 1 aromatic rings. The van der Waals surface area contributed by atoms with Gasteiger partial charge in [-0.05, 0) is 48.8 Å². The number of hydrogen-bond acceptors (Lipinski definition) is 4. The van der Waals surface area contributed by atoms with Gasteiger partial charge in [0.15, 0.2) is 0 Å². The van der Waals surface area contributed by atoms with Crippen molar-refractivity contribution in [3.05, 3.63) is 24.3 Å². The molecule has 0 aliphatic carbocycles. The maximum absolute atomic E-state index is 12.7. The zero-order valence-electron chi connectivity index (χ0n) is 15.0. The van der Waals surface area contributed by atoms with Crippen molar-refractivity contribution in [1.29, 1.82) is 0 Å². The van der Waals surface area contributed by atoms with Gasteiger partial charge in [-0.25, -0.2) is 8.42 Å². The van der Waals surface area contributed by atoms with E-state index in [1.54, 1.807) is 40.3 Å². The van der Waals surface area contributed by atoms with Crippen LogP contribution in [0.5, 0.6) is 0 Å². The molecule has 1 saturated heterocycles. The third-order valence-electron chi connectivity index (χ3n) is 4.03. The van der Waals surface area contributed by atoms with Crippen LogP contribution >= 0.6 is 11.8 Å². The van der Waals surface area contributed by atoms with Crippen molar-refractivity contribution in [3.8, 4) is 0 Å². The Hall–Kier alpha value is -1.05. The second kappa shape index (κ2) is 9.59. The molecule has 1 N–H and O–H groups in total. The fraction of sp³-hybridized carbons (Fsp3) is 0.611. The number of sulfonamides is 1. The zero-order valence-corrected chi connectivity index (χ0v) is 16.7. The van der Waals surface area contributed by atoms with Crippen LogP contribution in [0.1, 0.15) is 39.5 Å². The van der Waals surface area contributed by atoms with E-state index in [2.05, 4.69) is 19.2 Å². The van der Waals surface area contributed by atoms with E-state index < -0.39 is 10.0 Å². The molecule has 1 aromatic carbocycles. The van der Waals surface area contributed by atoms with Gasteiger partial charge in [0.2, 0.25) is 15.9 Å². The Kier molecular flexibility index (Phi) is 7.78. The van der Waals surface area contributed by atoms with Crippen molar-refractivity contribution in [1.82, 2.24) is 4.31 Å². The molecule has 7 heteroatoms. The molecule has 0 saturated carbocycles. The summed E-state index contributed by atoms with van der Waals surface area (Å²) in [6.45, 7) is 5.42. The third-order valence-corrected chi connectivity index (χ3v) is 7.31. The molecule has 0 bridgehead atoms. The Bertz CT molecular complexity index is 649. The Labute approximate surface area is 155 Å². The van der Waals surface area contributed by atoms with Gasteiger partial charge < -0.3 is 5.32 Å². The first-order valence-electron chi connectivity index (χ1n) is 8.87. The number of nitrogens with zero attached hydrogens (tertiary/aromatic N) is 1. The van der Waals surface area contributed by atoms with Crippen LogP contribution in [-0.4, -0.2) is 43.2 Å². The lowest BCUT2D eigenvalue weighted by atomic mass is 10.2. The number of rotatable bonds is 7. The third kappa shape index (κ3) is 6.31. The van der Waals surface area contributed by atoms with Gasteiger partial charge >= 0.3 is 0 Å². The van der Waals surface area contributed by atoms with Crippen LogP contribution in [0, 0.1) is 5.92 Å². The fourth-order valence-electron chi connectivity index (χ4n) is 2.73. The highest BCUT2D eigenvalue weighted by Gasteiger charge is 2.24. The van der Waals surface area contributed by atoms with Crippen LogP contribution in [0.4, 0.5) is 5.69 Å². The molecule has 2 rings (SSSR count). The molecule has 25 heavy (non-hydrogen) atoms. The van der Waals surface area contributed by atoms with Gasteiger partial charge in [0.1, 0.15) is 0 Å². The summed E-state index contributed by atoms with van der Waals surface area (Å²) < 4.78 is 27.0. The highest BCUT2D eigenvalue weighted by molar-refractivity contribution is 7.99. The van der Waals surface area contributed by atoms with Crippen molar-refractivity contribution in [2.24, 2.45) is 5.92 Å². The van der Waals surface area contributed by atoms with Crippen molar-refractivity contribution in [3.63, 3.8) is 0 Å². The van der Waals surface area contributed by atoms with Gasteiger partial charge in [-0.1, -0.05) is 26.7 Å². The fourth-order valence-corrected chi connectivity index (χ4v) is 5.09. The first-order chi connectivity index (χ1) is 11.9. The van der Waals surface area contributed by atoms with Gasteiger partial charge in [0.05, 0.1) is 10.6 Å². The van der Waals surface area contributed by atoms with Crippen molar-refractivity contribution in [2.75, 3.05) is 29.9 Å². The van der Waals surface area contributed by atoms with E-state index in [1.807, 2.05) is 0 Å². The average molecular weight is 385 g/mol. The summed E-state index contributed by atoms with van der Waals surface area (Å²) in [6.07, 6.45) is 4.01. The second-order valence-electron chi connectivity index (χ2n) is 6.80. The monoisotopic (exact) mass is 384 g/mol. The first-order valence-corrected chi connectivity index (χ1v) is 11.5. The lowest BCUT2D eigenvalue weighted by Gasteiger charge is -2.20. The lowest BCUT2D eigenvalue weighted by molar-refractivity contribution is -0.113. The molecule has 1 aliphatic rings. The number of nitrogens with one attached hydrogen (secondary N) is 1. The summed E-state index contributed by atoms with van der Waals surface area (Å²) in [5.41, 5.74) is 0.630. The van der Waals surface area contributed by atoms with E-state index in [0.29, 0.717) is 35.3 Å². The van der Waals surface area contributed by atoms with E-state index in [-0.39, 0.29) is 5.91 Å². The van der Waals surface area contributed by atoms with Crippen LogP contribution < -0.4 is 5.32 Å². The molecule has 5 nitrogen and oxygen atoms in total. The van der Waals surface area contributed by atoms with Crippen LogP contribution in [0.15, 0.2) is 29.2 Å². The van der Waals surface area contributed by atoms with E-state index in [4.69, 9.17) is 0 Å². The number of amides is 1. The number of thioether (sulfide) groups is 1. The van der Waals surface area contributed by atoms with Crippen molar-refractivity contribution in [2.45, 2.75) is 44.4 Å². The van der Waals surface area contributed by atoms with Gasteiger partial charge in [-0.2, -0.15) is 16.1 Å². The van der Waals surface area contributed by atoms with Crippen molar-refractivity contribution < 1.29 is 13.2 Å². The minimum Gasteiger partial charge on any atom is -0.325 e. The summed E-state index contributed by atoms with van der Waals surface area (Å²) in [7, 11) is -3.44. The summed E-state index contributed by atoms with van der Waals surface area (Å²) in [4.78, 5) is 12.2. The van der Waals surface area contributed by atoms with Crippen LogP contribution in [0.25, 0.3) is 0 Å². The van der Waals surface area contributed by atoms with Crippen molar-refractivity contribution >= 4 is 33.4 Å². The Morgan fingerprint density at radius 3 is 2.28 bits per heavy atom. The number of carbonyl (C=O) groups is 1. The maximum atomic E-state index is 12.7. The van der Waals surface area contributed by atoms with Gasteiger partial charge in [0.25, 0.3) is 0 Å². The number of anilines is 1. The predicted molar refractivity (Wildman–Crippen MR) is 104 cm³/mol. The molecule has 0 radical (unpaired) electrons. The Morgan fingerprint density at radius 2 is 1.72 bits per heavy atom. The van der Waals surface area contributed by atoms with Gasteiger partial charge in [0, 0.05) is 18.8 Å². The lowest BCUT2D eigenvalue weighted by Crippen LogP contribution is -2.31. The maximum Gasteiger partial charge on any atom is 0.243 e. The van der Waals surface area contributed by atoms with Crippen LogP contribution in [0.2, 0.25) is 0 Å². The Balaban J connectivity index is 1.95. The van der Waals surface area contributed by atoms with E-state index in [0.717, 1.165) is 31.4 Å². The van der Waals surface area contributed by atoms with E-state index in [9.17, 15) is 13.2 Å². The standard InChI is InChI=1S/C18H28N2O3S2/c1-15(2)13-24-14-18(21)19-16-7-9-17(10-8-16)25(22,23)20-11-5-3-4-6-12-20/h7-10,15H,3-6,11-14H2,1-2H3,(H,19,21). The van der Waals surface area contributed by atoms with E-state index >= 15 is 0 Å². The largest absolute Gasteiger partial charge is 0.325 e. The smallest absolute Gasteiger partial charge is 0.243 e. The molecule has 1 aliphatic heterocycles. The number of hydrogen-bond donors (Lipinski definition) is 1. The SMILES string of the molecule is CC(C)CSCC(=O)Nc1ccc(S(=O)(=O)N2CCCCCC2)cc1. The number of benzene rings is 1. The molecule has 1 heterocycles. The minimum absolute atomic E-state index is 0.0613. The molecule has 0 spiro atoms. The molecular formula is C18H28N2O3S2. The second-order valence-corrected chi connectivity index (χ2v) is 9.77. The molecule has 1 amide bonds. The molecular weight excluding hydrogens is 356 g/mol. The molecule has 0 unspecified atom stereocenters. The van der Waals surface area contributed by atoms with Gasteiger partial charge in [-0.3, -0.25) is 4.79 Å². The summed E-state index contributed by atoms with van der Waals surface area (Å²) in [5.74, 6) is 1.85. The number of carbonyl (C=O) groups excluding carboxylic acids is 1. The van der Waals surface area contributed by atoms with Gasteiger partial charge in [-0.15, -0.1) is 0 Å². The van der Waals surface area contributed by atoms with E-state index in [1.165, 1.54) is 0 Å². The molecule has 1 fully saturated rings. The quantitative estimate of drug-likeness (QED) is 0.780. The normalized spacial score (nSPS) is 16.6. The first kappa shape index (κ1) is 20.3.